The largest absolute Gasteiger partial charge is 0.417 e. The van der Waals surface area contributed by atoms with Gasteiger partial charge in [0.15, 0.2) is 0 Å². The Morgan fingerprint density at radius 3 is 1.31 bits per heavy atom. The summed E-state index contributed by atoms with van der Waals surface area (Å²) < 4.78 is 46.3. The number of nitriles is 4. The van der Waals surface area contributed by atoms with Gasteiger partial charge in [0.05, 0.1) is 61.7 Å². The van der Waals surface area contributed by atoms with Crippen LogP contribution in [0.5, 0.6) is 0 Å². The lowest BCUT2D eigenvalue weighted by Crippen LogP contribution is -2.45. The van der Waals surface area contributed by atoms with E-state index in [0.29, 0.717) is 61.5 Å². The van der Waals surface area contributed by atoms with Gasteiger partial charge in [-0.2, -0.15) is 45.6 Å². The van der Waals surface area contributed by atoms with Gasteiger partial charge < -0.3 is 30.5 Å². The molecule has 598 valence electrons. The minimum atomic E-state index is -4.60. The van der Waals surface area contributed by atoms with Crippen LogP contribution < -0.4 is 16.0 Å². The van der Waals surface area contributed by atoms with Crippen molar-refractivity contribution >= 4 is 92.5 Å². The number of carbonyl (C=O) groups is 3. The summed E-state index contributed by atoms with van der Waals surface area (Å²) >= 11 is 25.8. The van der Waals surface area contributed by atoms with E-state index < -0.39 is 22.4 Å². The first-order valence-electron chi connectivity index (χ1n) is 39.6. The quantitative estimate of drug-likeness (QED) is 0.0520. The van der Waals surface area contributed by atoms with Crippen molar-refractivity contribution in [2.45, 2.75) is 119 Å². The van der Waals surface area contributed by atoms with Gasteiger partial charge in [-0.15, -0.1) is 0 Å². The number of carbonyl (C=O) groups excluding carboxylic acids is 3. The van der Waals surface area contributed by atoms with Crippen LogP contribution in [0.3, 0.4) is 0 Å². The maximum atomic E-state index is 13.3. The average molecular weight is 1670 g/mol. The first-order valence-corrected chi connectivity index (χ1v) is 42.1. The van der Waals surface area contributed by atoms with Gasteiger partial charge in [-0.05, 0) is 289 Å². The first-order chi connectivity index (χ1) is 56.5. The number of amides is 3. The van der Waals surface area contributed by atoms with Gasteiger partial charge in [-0.1, -0.05) is 156 Å². The molecule has 3 saturated heterocycles. The van der Waals surface area contributed by atoms with E-state index in [1.54, 1.807) is 59.9 Å². The predicted molar refractivity (Wildman–Crippen MR) is 460 cm³/mol. The fourth-order valence-electron chi connectivity index (χ4n) is 16.2. The van der Waals surface area contributed by atoms with E-state index in [1.165, 1.54) is 49.4 Å². The van der Waals surface area contributed by atoms with Crippen molar-refractivity contribution in [2.75, 3.05) is 74.9 Å². The van der Waals surface area contributed by atoms with Crippen molar-refractivity contribution in [3.05, 3.63) is 287 Å². The topological polar surface area (TPSA) is 201 Å². The van der Waals surface area contributed by atoms with Crippen molar-refractivity contribution in [3.8, 4) is 57.7 Å². The van der Waals surface area contributed by atoms with Gasteiger partial charge in [-0.3, -0.25) is 19.3 Å². The fraction of sp³-hybridized carbons (Fsp3) is 0.316. The van der Waals surface area contributed by atoms with Gasteiger partial charge in [-0.25, -0.2) is 0 Å². The molecule has 4 heterocycles. The Labute approximate surface area is 706 Å². The van der Waals surface area contributed by atoms with E-state index >= 15 is 0 Å². The highest BCUT2D eigenvalue weighted by atomic mass is 35.5. The van der Waals surface area contributed by atoms with E-state index in [-0.39, 0.29) is 47.3 Å². The van der Waals surface area contributed by atoms with E-state index in [1.807, 2.05) is 66.7 Å². The number of halogens is 7. The Bertz CT molecular complexity index is 5300. The van der Waals surface area contributed by atoms with Crippen LogP contribution in [0, 0.1) is 57.2 Å². The Kier molecular flexibility index (Phi) is 28.2. The lowest BCUT2D eigenvalue weighted by Gasteiger charge is -2.42. The zero-order valence-corrected chi connectivity index (χ0v) is 68.6. The molecule has 10 aromatic rings. The standard InChI is InChI=1S/C32H31ClF3N3O.C32H31ClN4O.C31H27Cl2N3O2S/c33-29-11-10-27(19-28(29)32(34,35)36)38-30(40)12-13-31(14-16-39(17-15-31)21-22-4-5-22)26-8-6-24(7-9-26)25-3-1-2-23(18-25)20-37;33-30-19-29(11-8-27(30)21-35)36-31(38)12-13-32(14-16-37(17-15-32)22-23-4-5-23)28-9-6-25(7-10-28)26-3-1-2-24(18-26)20-34;32-27-15-28(33)17-29(16-27)35-30(37)20-38-31(9-11-36(12-10-31)19-23-8-13-39-21-23)26-6-4-24(5-7-26)25-3-1-2-22(14-25)18-34/h1-3,6-11,18-19,22H,4-5,12-17,21H2,(H,38,40);1-3,6-11,18-19,23H,4-5,12-17,22H2,(H,36,38);1-8,13-17,21H,9-12,19-20H2,(H,35,37). The molecule has 14 nitrogen and oxygen atoms in total. The molecule has 0 atom stereocenters. The molecule has 5 fully saturated rings. The lowest BCUT2D eigenvalue weighted by atomic mass is 9.69. The molecule has 3 N–H and O–H groups in total. The molecule has 0 radical (unpaired) electrons. The number of nitrogens with zero attached hydrogens (tertiary/aromatic N) is 7. The second-order valence-electron chi connectivity index (χ2n) is 31.4. The summed E-state index contributed by atoms with van der Waals surface area (Å²) in [6.45, 7) is 8.86. The molecule has 3 aliphatic heterocycles. The van der Waals surface area contributed by atoms with Gasteiger partial charge >= 0.3 is 6.18 Å². The molecule has 9 aromatic carbocycles. The molecule has 117 heavy (non-hydrogen) atoms. The number of benzene rings is 9. The molecule has 0 bridgehead atoms. The highest BCUT2D eigenvalue weighted by Crippen LogP contribution is 2.46. The summed E-state index contributed by atoms with van der Waals surface area (Å²) in [6.07, 6.45) is 8.08. The van der Waals surface area contributed by atoms with Crippen LogP contribution in [-0.4, -0.2) is 91.4 Å². The molecule has 5 aliphatic rings. The minimum Gasteiger partial charge on any atom is -0.360 e. The van der Waals surface area contributed by atoms with Gasteiger partial charge in [0.2, 0.25) is 17.7 Å². The number of hydrogen-bond donors (Lipinski definition) is 3. The predicted octanol–water partition coefficient (Wildman–Crippen LogP) is 22.7. The zero-order chi connectivity index (χ0) is 82.1. The molecule has 2 aliphatic carbocycles. The van der Waals surface area contributed by atoms with Crippen LogP contribution in [-0.2, 0) is 48.3 Å². The number of alkyl halides is 3. The van der Waals surface area contributed by atoms with Crippen molar-refractivity contribution in [2.24, 2.45) is 11.8 Å². The number of hydrogen-bond acceptors (Lipinski definition) is 12. The highest BCUT2D eigenvalue weighted by molar-refractivity contribution is 7.08. The highest BCUT2D eigenvalue weighted by Gasteiger charge is 2.42. The SMILES string of the molecule is N#Cc1cccc(-c2ccc(C3(CCC(=O)Nc4ccc(C#N)c(Cl)c4)CCN(CC4CC4)CC3)cc2)c1.N#Cc1cccc(-c2ccc(C3(CCC(=O)Nc4ccc(Cl)c(C(F)(F)F)c4)CCN(CC4CC4)CC3)cc2)c1.N#Cc1cccc(-c2ccc(C3(OCC(=O)Nc4cc(Cl)cc(Cl)c4)CCN(Cc4ccsc4)CC3)cc2)c1. The Balaban J connectivity index is 0.000000152. The number of likely N-dealkylation sites (tertiary alicyclic amines) is 3. The second kappa shape index (κ2) is 38.9. The van der Waals surface area contributed by atoms with Crippen molar-refractivity contribution < 1.29 is 32.3 Å². The lowest BCUT2D eigenvalue weighted by molar-refractivity contribution is -0.137. The van der Waals surface area contributed by atoms with Crippen LogP contribution in [0.4, 0.5) is 30.2 Å². The third kappa shape index (κ3) is 23.0. The monoisotopic (exact) mass is 1660 g/mol. The Morgan fingerprint density at radius 2 is 0.889 bits per heavy atom. The molecule has 2 saturated carbocycles. The van der Waals surface area contributed by atoms with E-state index in [4.69, 9.17) is 56.4 Å². The van der Waals surface area contributed by atoms with Crippen LogP contribution >= 0.6 is 57.7 Å². The summed E-state index contributed by atoms with van der Waals surface area (Å²) in [4.78, 5) is 46.3. The van der Waals surface area contributed by atoms with Crippen molar-refractivity contribution in [1.82, 2.24) is 14.7 Å². The summed E-state index contributed by atoms with van der Waals surface area (Å²) in [7, 11) is 0. The first kappa shape index (κ1) is 84.7. The number of rotatable bonds is 24. The summed E-state index contributed by atoms with van der Waals surface area (Å²) in [6, 6.07) is 72.3. The maximum Gasteiger partial charge on any atom is 0.417 e. The van der Waals surface area contributed by atoms with Crippen molar-refractivity contribution in [1.29, 1.82) is 21.0 Å². The third-order valence-electron chi connectivity index (χ3n) is 23.3. The molecule has 3 amide bonds. The molecule has 0 spiro atoms. The summed E-state index contributed by atoms with van der Waals surface area (Å²) in [5, 5.41) is 50.5. The molecular weight excluding hydrogens is 1580 g/mol. The van der Waals surface area contributed by atoms with Crippen LogP contribution in [0.25, 0.3) is 33.4 Å². The normalized spacial score (nSPS) is 16.4. The minimum absolute atomic E-state index is 0.0458. The van der Waals surface area contributed by atoms with Gasteiger partial charge in [0, 0.05) is 72.7 Å². The zero-order valence-electron chi connectivity index (χ0n) is 64.7. The third-order valence-corrected chi connectivity index (χ3v) is 25.1. The van der Waals surface area contributed by atoms with Gasteiger partial charge in [0.25, 0.3) is 0 Å². The molecule has 1 aromatic heterocycles. The molecule has 15 rings (SSSR count). The summed E-state index contributed by atoms with van der Waals surface area (Å²) in [5.41, 5.74) is 12.6. The van der Waals surface area contributed by atoms with Crippen LogP contribution in [0.2, 0.25) is 20.1 Å². The molecule has 0 unspecified atom stereocenters. The number of anilines is 3. The number of nitrogens with one attached hydrogen (secondary N) is 3. The van der Waals surface area contributed by atoms with E-state index in [2.05, 4.69) is 138 Å². The fourth-order valence-corrected chi connectivity index (χ4v) is 17.9. The number of piperidine rings is 3. The number of thiophene rings is 1. The molecular formula is C95H89Cl4F3N10O4S. The maximum absolute atomic E-state index is 13.3. The number of ether oxygens (including phenoxy) is 1. The second-order valence-corrected chi connectivity index (χ2v) is 33.8. The average Bonchev–Trinajstić information content (AvgIpc) is 1.76. The van der Waals surface area contributed by atoms with Crippen LogP contribution in [0.1, 0.15) is 140 Å². The van der Waals surface area contributed by atoms with Crippen LogP contribution in [0.15, 0.2) is 217 Å². The Hall–Kier alpha value is -10.2. The van der Waals surface area contributed by atoms with Gasteiger partial charge in [0.1, 0.15) is 12.7 Å². The Morgan fingerprint density at radius 1 is 0.453 bits per heavy atom. The van der Waals surface area contributed by atoms with E-state index in [9.17, 15) is 43.3 Å². The van der Waals surface area contributed by atoms with E-state index in [0.717, 1.165) is 166 Å². The summed E-state index contributed by atoms with van der Waals surface area (Å²) in [5.74, 6) is 1.05. The smallest absolute Gasteiger partial charge is 0.360 e. The molecule has 22 heteroatoms. The van der Waals surface area contributed by atoms with Crippen molar-refractivity contribution in [3.63, 3.8) is 0 Å².